The molecule has 1 aliphatic rings. The van der Waals surface area contributed by atoms with Crippen molar-refractivity contribution in [1.82, 2.24) is 9.55 Å². The van der Waals surface area contributed by atoms with Crippen LogP contribution in [-0.4, -0.2) is 9.55 Å². The van der Waals surface area contributed by atoms with Crippen molar-refractivity contribution in [2.75, 3.05) is 9.80 Å². The van der Waals surface area contributed by atoms with E-state index in [9.17, 15) is 0 Å². The Labute approximate surface area is 508 Å². The minimum atomic E-state index is -2.23. The minimum Gasteiger partial charge on any atom is -0.509 e. The van der Waals surface area contributed by atoms with E-state index in [1.807, 2.05) is 123 Å². The Kier molecular flexibility index (Phi) is 15.5. The van der Waals surface area contributed by atoms with Crippen LogP contribution in [0.5, 0.6) is 11.5 Å². The molecule has 432 valence electrons. The van der Waals surface area contributed by atoms with Gasteiger partial charge in [-0.05, 0) is 115 Å². The van der Waals surface area contributed by atoms with E-state index in [4.69, 9.17) is 9.72 Å². The summed E-state index contributed by atoms with van der Waals surface area (Å²) in [6, 6.07) is 63.2. The maximum atomic E-state index is 16.8. The molecule has 0 saturated heterocycles. The number of fused-ring (bicyclic) bond motifs is 4. The fourth-order valence-electron chi connectivity index (χ4n) is 11.2. The van der Waals surface area contributed by atoms with Crippen molar-refractivity contribution in [3.05, 3.63) is 246 Å². The van der Waals surface area contributed by atoms with Crippen molar-refractivity contribution in [2.45, 2.75) is 91.9 Å². The Balaban J connectivity index is 0.00000752. The van der Waals surface area contributed by atoms with Crippen LogP contribution in [0.15, 0.2) is 176 Å². The average Bonchev–Trinajstić information content (AvgIpc) is 1.94. The molecule has 0 fully saturated rings. The largest absolute Gasteiger partial charge is 0.509 e. The molecule has 11 heteroatoms. The Morgan fingerprint density at radius 1 is 0.482 bits per heavy atom. The van der Waals surface area contributed by atoms with Crippen molar-refractivity contribution < 1.29 is 47.8 Å². The summed E-state index contributed by atoms with van der Waals surface area (Å²) in [6.45, 7) is 22.6. The number of aromatic nitrogens is 2. The van der Waals surface area contributed by atoms with Gasteiger partial charge in [-0.1, -0.05) is 178 Å². The predicted molar refractivity (Wildman–Crippen MR) is 331 cm³/mol. The Morgan fingerprint density at radius 2 is 1.05 bits per heavy atom. The SMILES string of the molecule is CC(C)c1cc(-c2cc(C(C)(C)C)cc(-c3c(F)c(F)c(F)c(F)c3F)c2N2[CH-]N(c3[c-]c(Oc4[c-]c5c(cc4)c4ccccc4n5-c4cc(C(C)(C)C)ccn4)cc(-c4ccc(-c5ccccc5)cc4)c3)c3ccccc32)cc(C(C)C)c1.[Pt]. The standard InChI is InChI=1S/C74H62F5N4O.Pt/c1-43(2)48-32-49(44(3)4)34-51(33-48)59-37-53(74(8,9)10)38-60(66-67(75)69(77)71(79)70(78)68(66)76)72(59)82-42-81(62-22-16-17-23-63(62)82)54-35-50(47-26-24-46(25-27-47)45-18-12-11-13-19-45)36-56(40-54)84-55-28-29-58-57-20-14-15-21-61(57)83(64(58)41-55)65-39-52(30-31-80-65)73(5,6)7;/h11-39,42-44H,1-10H3;/q-3;. The summed E-state index contributed by atoms with van der Waals surface area (Å²) >= 11 is 0. The number of anilines is 4. The molecule has 5 nitrogen and oxygen atoms in total. The van der Waals surface area contributed by atoms with Gasteiger partial charge in [0.25, 0.3) is 0 Å². The summed E-state index contributed by atoms with van der Waals surface area (Å²) in [5, 5.41) is 2.01. The first kappa shape index (κ1) is 58.4. The third-order valence-corrected chi connectivity index (χ3v) is 16.0. The normalized spacial score (nSPS) is 12.7. The van der Waals surface area contributed by atoms with Gasteiger partial charge in [-0.2, -0.15) is 6.07 Å². The summed E-state index contributed by atoms with van der Waals surface area (Å²) in [7, 11) is 0. The van der Waals surface area contributed by atoms with Gasteiger partial charge >= 0.3 is 0 Å². The summed E-state index contributed by atoms with van der Waals surface area (Å²) < 4.78 is 89.1. The molecule has 0 unspecified atom stereocenters. The zero-order valence-electron chi connectivity index (χ0n) is 48.9. The number of hydrogen-bond donors (Lipinski definition) is 0. The zero-order chi connectivity index (χ0) is 59.1. The molecule has 0 saturated carbocycles. The van der Waals surface area contributed by atoms with Crippen LogP contribution in [0.25, 0.3) is 72.1 Å². The first-order valence-electron chi connectivity index (χ1n) is 28.3. The van der Waals surface area contributed by atoms with Gasteiger partial charge in [0.1, 0.15) is 5.82 Å². The molecule has 2 aromatic heterocycles. The second kappa shape index (κ2) is 22.6. The van der Waals surface area contributed by atoms with Gasteiger partial charge < -0.3 is 19.1 Å². The van der Waals surface area contributed by atoms with Crippen LogP contribution in [-0.2, 0) is 31.9 Å². The molecule has 1 aliphatic heterocycles. The number of nitrogens with zero attached hydrogens (tertiary/aromatic N) is 4. The van der Waals surface area contributed by atoms with Crippen LogP contribution >= 0.6 is 0 Å². The first-order valence-corrected chi connectivity index (χ1v) is 28.3. The van der Waals surface area contributed by atoms with Gasteiger partial charge in [0.2, 0.25) is 5.82 Å². The second-order valence-electron chi connectivity index (χ2n) is 24.4. The Bertz CT molecular complexity index is 4310. The van der Waals surface area contributed by atoms with Crippen LogP contribution in [0.3, 0.4) is 0 Å². The minimum absolute atomic E-state index is 0. The molecule has 0 bridgehead atoms. The molecule has 11 aromatic rings. The van der Waals surface area contributed by atoms with E-state index < -0.39 is 40.1 Å². The summed E-state index contributed by atoms with van der Waals surface area (Å²) in [4.78, 5) is 8.59. The Morgan fingerprint density at radius 3 is 1.68 bits per heavy atom. The molecule has 0 radical (unpaired) electrons. The van der Waals surface area contributed by atoms with Gasteiger partial charge in [-0.25, -0.2) is 26.9 Å². The van der Waals surface area contributed by atoms with E-state index in [-0.39, 0.29) is 49.6 Å². The van der Waals surface area contributed by atoms with Gasteiger partial charge in [0, 0.05) is 72.5 Å². The summed E-state index contributed by atoms with van der Waals surface area (Å²) in [5.41, 5.74) is 10.5. The molecule has 0 atom stereocenters. The van der Waals surface area contributed by atoms with Crippen molar-refractivity contribution in [3.63, 3.8) is 0 Å². The van der Waals surface area contributed by atoms with Crippen molar-refractivity contribution >= 4 is 44.6 Å². The topological polar surface area (TPSA) is 33.5 Å². The number of para-hydroxylation sites is 3. The maximum absolute atomic E-state index is 16.8. The molecule has 3 heterocycles. The second-order valence-corrected chi connectivity index (χ2v) is 24.4. The molecule has 12 rings (SSSR count). The van der Waals surface area contributed by atoms with Gasteiger partial charge in [0.15, 0.2) is 23.3 Å². The number of hydrogen-bond acceptors (Lipinski definition) is 4. The number of pyridine rings is 1. The van der Waals surface area contributed by atoms with E-state index in [0.717, 1.165) is 66.6 Å². The fourth-order valence-corrected chi connectivity index (χ4v) is 11.2. The summed E-state index contributed by atoms with van der Waals surface area (Å²) in [5.74, 6) is -8.47. The van der Waals surface area contributed by atoms with Crippen molar-refractivity contribution in [2.24, 2.45) is 0 Å². The third kappa shape index (κ3) is 10.8. The number of benzene rings is 9. The van der Waals surface area contributed by atoms with Crippen LogP contribution in [0, 0.1) is 47.9 Å². The monoisotopic (exact) mass is 1310 g/mol. The number of rotatable bonds is 11. The van der Waals surface area contributed by atoms with Crippen LogP contribution in [0.1, 0.15) is 103 Å². The zero-order valence-corrected chi connectivity index (χ0v) is 51.2. The molecule has 0 N–H and O–H groups in total. The Hall–Kier alpha value is -8.33. The molecule has 0 aliphatic carbocycles. The van der Waals surface area contributed by atoms with Crippen molar-refractivity contribution in [1.29, 1.82) is 0 Å². The van der Waals surface area contributed by atoms with Crippen LogP contribution in [0.4, 0.5) is 44.7 Å². The fraction of sp³-hybridized carbons (Fsp3) is 0.189. The predicted octanol–water partition coefficient (Wildman–Crippen LogP) is 21.2. The van der Waals surface area contributed by atoms with Gasteiger partial charge in [0.05, 0.1) is 5.56 Å². The van der Waals surface area contributed by atoms with E-state index in [1.54, 1.807) is 17.6 Å². The summed E-state index contributed by atoms with van der Waals surface area (Å²) in [6.07, 6.45) is 1.84. The van der Waals surface area contributed by atoms with E-state index in [0.29, 0.717) is 45.3 Å². The molecular weight excluding hydrogens is 1250 g/mol. The third-order valence-electron chi connectivity index (χ3n) is 16.0. The quantitative estimate of drug-likeness (QED) is 0.0559. The van der Waals surface area contributed by atoms with Crippen molar-refractivity contribution in [3.8, 4) is 61.8 Å². The first-order chi connectivity index (χ1) is 40.1. The average molecular weight is 1310 g/mol. The molecule has 85 heavy (non-hydrogen) atoms. The molecule has 9 aromatic carbocycles. The molecule has 0 amide bonds. The van der Waals surface area contributed by atoms with E-state index >= 15 is 22.0 Å². The van der Waals surface area contributed by atoms with Crippen LogP contribution in [0.2, 0.25) is 0 Å². The van der Waals surface area contributed by atoms with Gasteiger partial charge in [-0.15, -0.1) is 53.6 Å². The number of halogens is 5. The maximum Gasteiger partial charge on any atom is 0.200 e. The molecule has 0 spiro atoms. The smallest absolute Gasteiger partial charge is 0.200 e. The molecular formula is C74H62F5N4OPt-3. The van der Waals surface area contributed by atoms with Gasteiger partial charge in [-0.3, -0.25) is 0 Å². The van der Waals surface area contributed by atoms with E-state index in [1.165, 1.54) is 0 Å². The van der Waals surface area contributed by atoms with E-state index in [2.05, 4.69) is 138 Å². The van der Waals surface area contributed by atoms with Crippen LogP contribution < -0.4 is 14.5 Å². The number of ether oxygens (including phenoxy) is 1.